The van der Waals surface area contributed by atoms with Crippen LogP contribution >= 0.6 is 27.3 Å². The average Bonchev–Trinajstić information content (AvgIpc) is 2.78. The smallest absolute Gasteiger partial charge is 0.335 e. The summed E-state index contributed by atoms with van der Waals surface area (Å²) < 4.78 is 0.642. The first kappa shape index (κ1) is 13.6. The third kappa shape index (κ3) is 2.94. The molecule has 2 rings (SSSR count). The van der Waals surface area contributed by atoms with Crippen molar-refractivity contribution in [1.82, 2.24) is 0 Å². The van der Waals surface area contributed by atoms with Gasteiger partial charge in [0.2, 0.25) is 0 Å². The molecule has 19 heavy (non-hydrogen) atoms. The Kier molecular flexibility index (Phi) is 3.87. The number of carboxylic acids is 1. The number of hydrogen-bond acceptors (Lipinski definition) is 4. The van der Waals surface area contributed by atoms with Crippen LogP contribution in [0.2, 0.25) is 0 Å². The Morgan fingerprint density at radius 1 is 1.26 bits per heavy atom. The van der Waals surface area contributed by atoms with E-state index >= 15 is 0 Å². The number of rotatable bonds is 3. The lowest BCUT2D eigenvalue weighted by molar-refractivity contribution is 0.0696. The maximum absolute atomic E-state index is 11.9. The standard InChI is InChI=1S/C12H8BrNO4S/c13-7-3-4-19-10(7)11(16)14-8-5-6(12(17)18)1-2-9(8)15/h1-5,15H,(H,14,16)(H,17,18). The number of aromatic hydroxyl groups is 1. The van der Waals surface area contributed by atoms with Gasteiger partial charge >= 0.3 is 5.97 Å². The van der Waals surface area contributed by atoms with Gasteiger partial charge in [-0.25, -0.2) is 4.79 Å². The Morgan fingerprint density at radius 2 is 2.00 bits per heavy atom. The molecule has 0 radical (unpaired) electrons. The number of amides is 1. The Bertz CT molecular complexity index is 653. The molecular formula is C12H8BrNO4S. The summed E-state index contributed by atoms with van der Waals surface area (Å²) in [6.07, 6.45) is 0. The van der Waals surface area contributed by atoms with E-state index in [-0.39, 0.29) is 17.0 Å². The van der Waals surface area contributed by atoms with Crippen molar-refractivity contribution in [1.29, 1.82) is 0 Å². The molecule has 3 N–H and O–H groups in total. The number of carbonyl (C=O) groups is 2. The van der Waals surface area contributed by atoms with Gasteiger partial charge in [-0.3, -0.25) is 4.79 Å². The number of halogens is 1. The molecule has 1 aromatic heterocycles. The first-order chi connectivity index (χ1) is 8.99. The van der Waals surface area contributed by atoms with Gasteiger partial charge in [0.25, 0.3) is 5.91 Å². The largest absolute Gasteiger partial charge is 0.506 e. The molecule has 0 unspecified atom stereocenters. The normalized spacial score (nSPS) is 10.2. The number of carboxylic acid groups (broad SMARTS) is 1. The Morgan fingerprint density at radius 3 is 2.58 bits per heavy atom. The number of anilines is 1. The second-order valence-electron chi connectivity index (χ2n) is 3.59. The van der Waals surface area contributed by atoms with Crippen LogP contribution in [0.1, 0.15) is 20.0 Å². The lowest BCUT2D eigenvalue weighted by Crippen LogP contribution is -2.11. The highest BCUT2D eigenvalue weighted by Gasteiger charge is 2.15. The van der Waals surface area contributed by atoms with Crippen LogP contribution in [0.5, 0.6) is 5.75 Å². The number of carbonyl (C=O) groups excluding carboxylic acids is 1. The van der Waals surface area contributed by atoms with Gasteiger partial charge in [0.05, 0.1) is 11.3 Å². The van der Waals surface area contributed by atoms with Gasteiger partial charge in [0, 0.05) is 4.47 Å². The highest BCUT2D eigenvalue weighted by Crippen LogP contribution is 2.28. The van der Waals surface area contributed by atoms with E-state index < -0.39 is 11.9 Å². The fourth-order valence-electron chi connectivity index (χ4n) is 1.40. The summed E-state index contributed by atoms with van der Waals surface area (Å²) in [6, 6.07) is 5.42. The number of phenols is 1. The Balaban J connectivity index is 2.28. The number of phenolic OH excluding ortho intramolecular Hbond substituents is 1. The molecule has 1 heterocycles. The summed E-state index contributed by atoms with van der Waals surface area (Å²) in [5.74, 6) is -1.74. The zero-order valence-electron chi connectivity index (χ0n) is 9.38. The molecule has 0 fully saturated rings. The van der Waals surface area contributed by atoms with Gasteiger partial charge < -0.3 is 15.5 Å². The van der Waals surface area contributed by atoms with Crippen LogP contribution in [0.15, 0.2) is 34.1 Å². The first-order valence-electron chi connectivity index (χ1n) is 5.09. The van der Waals surface area contributed by atoms with E-state index in [9.17, 15) is 14.7 Å². The minimum Gasteiger partial charge on any atom is -0.506 e. The summed E-state index contributed by atoms with van der Waals surface area (Å²) >= 11 is 4.47. The van der Waals surface area contributed by atoms with Crippen molar-refractivity contribution in [3.05, 3.63) is 44.6 Å². The van der Waals surface area contributed by atoms with E-state index in [1.807, 2.05) is 0 Å². The molecule has 1 amide bonds. The summed E-state index contributed by atoms with van der Waals surface area (Å²) in [5.41, 5.74) is 0.0449. The molecule has 0 saturated carbocycles. The van der Waals surface area contributed by atoms with Gasteiger partial charge in [-0.2, -0.15) is 0 Å². The molecule has 2 aromatic rings. The van der Waals surface area contributed by atoms with Crippen LogP contribution in [-0.4, -0.2) is 22.1 Å². The third-order valence-electron chi connectivity index (χ3n) is 2.32. The quantitative estimate of drug-likeness (QED) is 0.748. The molecule has 7 heteroatoms. The molecule has 5 nitrogen and oxygen atoms in total. The predicted octanol–water partition coefficient (Wildman–Crippen LogP) is 3.17. The second-order valence-corrected chi connectivity index (χ2v) is 5.36. The van der Waals surface area contributed by atoms with Crippen molar-refractivity contribution in [3.8, 4) is 5.75 Å². The highest BCUT2D eigenvalue weighted by molar-refractivity contribution is 9.10. The van der Waals surface area contributed by atoms with E-state index in [1.54, 1.807) is 11.4 Å². The van der Waals surface area contributed by atoms with E-state index in [1.165, 1.54) is 29.5 Å². The van der Waals surface area contributed by atoms with Gasteiger partial charge in [0.15, 0.2) is 0 Å². The van der Waals surface area contributed by atoms with E-state index in [4.69, 9.17) is 5.11 Å². The van der Waals surface area contributed by atoms with Crippen molar-refractivity contribution < 1.29 is 19.8 Å². The molecule has 0 aliphatic heterocycles. The second kappa shape index (κ2) is 5.41. The van der Waals surface area contributed by atoms with Crippen LogP contribution in [0.25, 0.3) is 0 Å². The van der Waals surface area contributed by atoms with Crippen molar-refractivity contribution >= 4 is 44.8 Å². The molecule has 0 saturated heterocycles. The van der Waals surface area contributed by atoms with Crippen molar-refractivity contribution in [2.24, 2.45) is 0 Å². The maximum Gasteiger partial charge on any atom is 0.335 e. The average molecular weight is 342 g/mol. The fourth-order valence-corrected chi connectivity index (χ4v) is 2.85. The highest BCUT2D eigenvalue weighted by atomic mass is 79.9. The fraction of sp³-hybridized carbons (Fsp3) is 0. The molecule has 0 spiro atoms. The van der Waals surface area contributed by atoms with Crippen LogP contribution < -0.4 is 5.32 Å². The number of thiophene rings is 1. The molecule has 98 valence electrons. The molecule has 0 bridgehead atoms. The summed E-state index contributed by atoms with van der Waals surface area (Å²) in [4.78, 5) is 23.2. The number of aromatic carboxylic acids is 1. The Hall–Kier alpha value is -1.86. The van der Waals surface area contributed by atoms with Crippen LogP contribution in [0.4, 0.5) is 5.69 Å². The van der Waals surface area contributed by atoms with Crippen molar-refractivity contribution in [2.45, 2.75) is 0 Å². The van der Waals surface area contributed by atoms with Crippen molar-refractivity contribution in [3.63, 3.8) is 0 Å². The van der Waals surface area contributed by atoms with Crippen LogP contribution in [-0.2, 0) is 0 Å². The predicted molar refractivity (Wildman–Crippen MR) is 75.0 cm³/mol. The topological polar surface area (TPSA) is 86.6 Å². The first-order valence-corrected chi connectivity index (χ1v) is 6.77. The van der Waals surface area contributed by atoms with E-state index in [0.717, 1.165) is 0 Å². The van der Waals surface area contributed by atoms with Gasteiger partial charge in [0.1, 0.15) is 10.6 Å². The minimum absolute atomic E-state index is 0.0154. The molecule has 0 aliphatic carbocycles. The lowest BCUT2D eigenvalue weighted by Gasteiger charge is -2.07. The summed E-state index contributed by atoms with van der Waals surface area (Å²) in [7, 11) is 0. The number of benzene rings is 1. The molecular weight excluding hydrogens is 334 g/mol. The maximum atomic E-state index is 11.9. The van der Waals surface area contributed by atoms with Gasteiger partial charge in [-0.05, 0) is 45.6 Å². The number of nitrogens with one attached hydrogen (secondary N) is 1. The molecule has 1 aromatic carbocycles. The number of hydrogen-bond donors (Lipinski definition) is 3. The molecule has 0 aliphatic rings. The van der Waals surface area contributed by atoms with E-state index in [0.29, 0.717) is 9.35 Å². The summed E-state index contributed by atoms with van der Waals surface area (Å²) in [6.45, 7) is 0. The van der Waals surface area contributed by atoms with E-state index in [2.05, 4.69) is 21.2 Å². The van der Waals surface area contributed by atoms with Crippen LogP contribution in [0, 0.1) is 0 Å². The van der Waals surface area contributed by atoms with Crippen LogP contribution in [0.3, 0.4) is 0 Å². The third-order valence-corrected chi connectivity index (χ3v) is 4.15. The SMILES string of the molecule is O=C(O)c1ccc(O)c(NC(=O)c2sccc2Br)c1. The molecule has 0 atom stereocenters. The van der Waals surface area contributed by atoms with Gasteiger partial charge in [-0.1, -0.05) is 0 Å². The Labute approximate surface area is 120 Å². The minimum atomic E-state index is -1.13. The van der Waals surface area contributed by atoms with Crippen molar-refractivity contribution in [2.75, 3.05) is 5.32 Å². The zero-order chi connectivity index (χ0) is 14.0. The zero-order valence-corrected chi connectivity index (χ0v) is 11.8. The lowest BCUT2D eigenvalue weighted by atomic mass is 10.2. The van der Waals surface area contributed by atoms with Gasteiger partial charge in [-0.15, -0.1) is 11.3 Å². The summed E-state index contributed by atoms with van der Waals surface area (Å²) in [5, 5.41) is 22.7. The monoisotopic (exact) mass is 341 g/mol.